The average molecular weight is 578 g/mol. The van der Waals surface area contributed by atoms with Gasteiger partial charge < -0.3 is 29.7 Å². The number of carbonyl (C=O) groups excluding carboxylic acids is 1. The van der Waals surface area contributed by atoms with Crippen molar-refractivity contribution in [1.29, 1.82) is 0 Å². The zero-order chi connectivity index (χ0) is 23.5. The second-order valence-corrected chi connectivity index (χ2v) is 7.98. The number of benzene rings is 1. The van der Waals surface area contributed by atoms with Crippen LogP contribution in [0.2, 0.25) is 0 Å². The van der Waals surface area contributed by atoms with E-state index in [2.05, 4.69) is 27.4 Å². The second-order valence-electron chi connectivity index (χ2n) is 7.98. The summed E-state index contributed by atoms with van der Waals surface area (Å²) in [4.78, 5) is 21.1. The number of nitrogens with zero attached hydrogens (tertiary/aromatic N) is 3. The zero-order valence-corrected chi connectivity index (χ0v) is 23.1. The fourth-order valence-electron chi connectivity index (χ4n) is 3.57. The molecule has 1 aliphatic rings. The van der Waals surface area contributed by atoms with Gasteiger partial charge in [-0.25, -0.2) is 0 Å². The van der Waals surface area contributed by atoms with Gasteiger partial charge >= 0.3 is 0 Å². The molecule has 0 saturated carbocycles. The molecule has 0 spiro atoms. The maximum atomic E-state index is 11.7. The number of rotatable bonds is 10. The number of hydrogen-bond donors (Lipinski definition) is 2. The summed E-state index contributed by atoms with van der Waals surface area (Å²) in [6.45, 7) is 12.2. The molecule has 0 bridgehead atoms. The van der Waals surface area contributed by atoms with Gasteiger partial charge in [0.05, 0.1) is 27.9 Å². The molecule has 0 unspecified atom stereocenters. The lowest BCUT2D eigenvalue weighted by Gasteiger charge is -2.36. The topological polar surface area (TPSA) is 87.7 Å². The molecule has 1 aromatic rings. The molecule has 10 heteroatoms. The van der Waals surface area contributed by atoms with E-state index in [0.717, 1.165) is 50.8 Å². The quantitative estimate of drug-likeness (QED) is 0.191. The first kappa shape index (κ1) is 29.1. The molecule has 9 nitrogen and oxygen atoms in total. The Bertz CT molecular complexity index is 742. The van der Waals surface area contributed by atoms with Crippen LogP contribution in [-0.4, -0.2) is 88.8 Å². The van der Waals surface area contributed by atoms with Crippen LogP contribution < -0.4 is 24.8 Å². The largest absolute Gasteiger partial charge is 0.493 e. The molecule has 2 N–H and O–H groups in total. The van der Waals surface area contributed by atoms with Gasteiger partial charge in [-0.2, -0.15) is 0 Å². The number of carbonyl (C=O) groups is 1. The normalized spacial score (nSPS) is 14.5. The van der Waals surface area contributed by atoms with Gasteiger partial charge in [0, 0.05) is 51.7 Å². The van der Waals surface area contributed by atoms with Gasteiger partial charge in [-0.05, 0) is 24.6 Å². The molecule has 188 valence electrons. The Labute approximate surface area is 215 Å². The van der Waals surface area contributed by atoms with Crippen LogP contribution in [0.1, 0.15) is 26.3 Å². The summed E-state index contributed by atoms with van der Waals surface area (Å²) in [6, 6.07) is 4.01. The molecule has 1 heterocycles. The molecule has 2 rings (SSSR count). The molecule has 0 radical (unpaired) electrons. The minimum atomic E-state index is -0.00840. The fourth-order valence-corrected chi connectivity index (χ4v) is 3.57. The third kappa shape index (κ3) is 8.73. The SMILES string of the molecule is CCNC(=NCCNC(=O)C(C)C)N1CCN(Cc2cc(OC)c(OC)c(OC)c2)CC1.I. The first-order valence-electron chi connectivity index (χ1n) is 11.3. The summed E-state index contributed by atoms with van der Waals surface area (Å²) in [5.74, 6) is 2.91. The van der Waals surface area contributed by atoms with Crippen molar-refractivity contribution < 1.29 is 19.0 Å². The Hall–Kier alpha value is -1.95. The Balaban J connectivity index is 0.00000544. The van der Waals surface area contributed by atoms with Crippen molar-refractivity contribution in [1.82, 2.24) is 20.4 Å². The van der Waals surface area contributed by atoms with Crippen LogP contribution in [0.25, 0.3) is 0 Å². The molecular formula is C23H40IN5O4. The van der Waals surface area contributed by atoms with Gasteiger partial charge in [0.1, 0.15) is 0 Å². The van der Waals surface area contributed by atoms with Crippen LogP contribution in [-0.2, 0) is 11.3 Å². The Morgan fingerprint density at radius 2 is 1.64 bits per heavy atom. The van der Waals surface area contributed by atoms with E-state index in [1.54, 1.807) is 21.3 Å². The highest BCUT2D eigenvalue weighted by molar-refractivity contribution is 14.0. The lowest BCUT2D eigenvalue weighted by molar-refractivity contribution is -0.123. The van der Waals surface area contributed by atoms with Crippen molar-refractivity contribution in [2.45, 2.75) is 27.3 Å². The van der Waals surface area contributed by atoms with Crippen molar-refractivity contribution in [3.05, 3.63) is 17.7 Å². The number of guanidine groups is 1. The van der Waals surface area contributed by atoms with Crippen LogP contribution in [0.4, 0.5) is 0 Å². The molecule has 1 aliphatic heterocycles. The molecule has 1 saturated heterocycles. The Morgan fingerprint density at radius 1 is 1.03 bits per heavy atom. The van der Waals surface area contributed by atoms with E-state index >= 15 is 0 Å². The van der Waals surface area contributed by atoms with Gasteiger partial charge in [-0.3, -0.25) is 14.7 Å². The van der Waals surface area contributed by atoms with Crippen molar-refractivity contribution in [3.63, 3.8) is 0 Å². The van der Waals surface area contributed by atoms with E-state index in [4.69, 9.17) is 19.2 Å². The van der Waals surface area contributed by atoms with Crippen LogP contribution in [0, 0.1) is 5.92 Å². The fraction of sp³-hybridized carbons (Fsp3) is 0.652. The van der Waals surface area contributed by atoms with E-state index in [-0.39, 0.29) is 35.8 Å². The molecule has 0 aliphatic carbocycles. The molecule has 1 amide bonds. The molecule has 0 aromatic heterocycles. The van der Waals surface area contributed by atoms with Crippen molar-refractivity contribution in [2.75, 3.05) is 67.1 Å². The number of piperazine rings is 1. The third-order valence-electron chi connectivity index (χ3n) is 5.33. The molecular weight excluding hydrogens is 537 g/mol. The van der Waals surface area contributed by atoms with Gasteiger partial charge in [-0.15, -0.1) is 24.0 Å². The summed E-state index contributed by atoms with van der Waals surface area (Å²) >= 11 is 0. The average Bonchev–Trinajstić information content (AvgIpc) is 2.80. The number of nitrogens with one attached hydrogen (secondary N) is 2. The standard InChI is InChI=1S/C23H39N5O4.HI/c1-7-24-23(26-9-8-25-22(29)17(2)3)28-12-10-27(11-13-28)16-18-14-19(30-4)21(32-6)20(15-18)31-5;/h14-15,17H,7-13,16H2,1-6H3,(H,24,26)(H,25,29);1H. The Morgan fingerprint density at radius 3 is 2.12 bits per heavy atom. The van der Waals surface area contributed by atoms with Gasteiger partial charge in [-0.1, -0.05) is 13.8 Å². The number of hydrogen-bond acceptors (Lipinski definition) is 6. The summed E-state index contributed by atoms with van der Waals surface area (Å²) in [5.41, 5.74) is 1.12. The highest BCUT2D eigenvalue weighted by Crippen LogP contribution is 2.38. The minimum absolute atomic E-state index is 0. The monoisotopic (exact) mass is 577 g/mol. The van der Waals surface area contributed by atoms with Crippen LogP contribution in [0.3, 0.4) is 0 Å². The maximum absolute atomic E-state index is 11.7. The molecule has 0 atom stereocenters. The summed E-state index contributed by atoms with van der Waals surface area (Å²) < 4.78 is 16.4. The van der Waals surface area contributed by atoms with E-state index in [0.29, 0.717) is 30.3 Å². The Kier molecular flexibility index (Phi) is 13.3. The summed E-state index contributed by atoms with van der Waals surface area (Å²) in [7, 11) is 4.88. The lowest BCUT2D eigenvalue weighted by Crippen LogP contribution is -2.52. The molecule has 1 fully saturated rings. The highest BCUT2D eigenvalue weighted by Gasteiger charge is 2.21. The maximum Gasteiger partial charge on any atom is 0.222 e. The summed E-state index contributed by atoms with van der Waals surface area (Å²) in [5, 5.41) is 6.28. The predicted molar refractivity (Wildman–Crippen MR) is 142 cm³/mol. The first-order valence-corrected chi connectivity index (χ1v) is 11.3. The first-order chi connectivity index (χ1) is 15.4. The number of aliphatic imine (C=N–C) groups is 1. The number of ether oxygens (including phenoxy) is 3. The van der Waals surface area contributed by atoms with E-state index in [1.165, 1.54) is 0 Å². The third-order valence-corrected chi connectivity index (χ3v) is 5.33. The van der Waals surface area contributed by atoms with E-state index in [9.17, 15) is 4.79 Å². The predicted octanol–water partition coefficient (Wildman–Crippen LogP) is 2.19. The van der Waals surface area contributed by atoms with Gasteiger partial charge in [0.2, 0.25) is 11.7 Å². The minimum Gasteiger partial charge on any atom is -0.493 e. The van der Waals surface area contributed by atoms with E-state index < -0.39 is 0 Å². The number of methoxy groups -OCH3 is 3. The number of amides is 1. The molecule has 33 heavy (non-hydrogen) atoms. The van der Waals surface area contributed by atoms with Crippen LogP contribution >= 0.6 is 24.0 Å². The number of halogens is 1. The van der Waals surface area contributed by atoms with Crippen molar-refractivity contribution in [3.8, 4) is 17.2 Å². The van der Waals surface area contributed by atoms with Crippen LogP contribution in [0.15, 0.2) is 17.1 Å². The van der Waals surface area contributed by atoms with E-state index in [1.807, 2.05) is 26.0 Å². The summed E-state index contributed by atoms with van der Waals surface area (Å²) in [6.07, 6.45) is 0. The zero-order valence-electron chi connectivity index (χ0n) is 20.8. The van der Waals surface area contributed by atoms with Crippen molar-refractivity contribution >= 4 is 35.8 Å². The second kappa shape index (κ2) is 15.0. The van der Waals surface area contributed by atoms with Gasteiger partial charge in [0.25, 0.3) is 0 Å². The highest BCUT2D eigenvalue weighted by atomic mass is 127. The smallest absolute Gasteiger partial charge is 0.222 e. The van der Waals surface area contributed by atoms with Crippen LogP contribution in [0.5, 0.6) is 17.2 Å². The molecule has 1 aromatic carbocycles. The van der Waals surface area contributed by atoms with Crippen molar-refractivity contribution in [2.24, 2.45) is 10.9 Å². The lowest BCUT2D eigenvalue weighted by atomic mass is 10.1. The van der Waals surface area contributed by atoms with Gasteiger partial charge in [0.15, 0.2) is 17.5 Å².